The van der Waals surface area contributed by atoms with Crippen LogP contribution in [-0.4, -0.2) is 19.6 Å². The van der Waals surface area contributed by atoms with Crippen LogP contribution in [0, 0.1) is 0 Å². The maximum atomic E-state index is 12.0. The Morgan fingerprint density at radius 2 is 1.74 bits per heavy atom. The van der Waals surface area contributed by atoms with Gasteiger partial charge >= 0.3 is 0 Å². The lowest BCUT2D eigenvalue weighted by Crippen LogP contribution is -2.21. The number of benzene rings is 2. The van der Waals surface area contributed by atoms with Crippen LogP contribution in [0.4, 0.5) is 11.4 Å². The van der Waals surface area contributed by atoms with Crippen molar-refractivity contribution >= 4 is 17.3 Å². The summed E-state index contributed by atoms with van der Waals surface area (Å²) in [5.74, 6) is 0.617. The molecule has 2 N–H and O–H groups in total. The minimum absolute atomic E-state index is 0.0989. The lowest BCUT2D eigenvalue weighted by Gasteiger charge is -2.19. The van der Waals surface area contributed by atoms with E-state index in [1.54, 1.807) is 13.2 Å². The van der Waals surface area contributed by atoms with Crippen molar-refractivity contribution in [3.8, 4) is 5.75 Å². The number of carbonyl (C=O) groups excluding carboxylic acids is 1. The number of amides is 1. The summed E-state index contributed by atoms with van der Waals surface area (Å²) in [6.07, 6.45) is 0. The van der Waals surface area contributed by atoms with Gasteiger partial charge in [0.1, 0.15) is 5.75 Å². The first-order chi connectivity index (χ1) is 10.9. The largest absolute Gasteiger partial charge is 0.497 e. The Balaban J connectivity index is 1.89. The minimum atomic E-state index is -0.0989. The van der Waals surface area contributed by atoms with E-state index >= 15 is 0 Å². The van der Waals surface area contributed by atoms with Gasteiger partial charge in [-0.1, -0.05) is 39.0 Å². The van der Waals surface area contributed by atoms with Gasteiger partial charge in [-0.3, -0.25) is 4.79 Å². The molecule has 0 heterocycles. The maximum absolute atomic E-state index is 12.0. The summed E-state index contributed by atoms with van der Waals surface area (Å²) in [5, 5.41) is 5.97. The molecule has 0 aliphatic carbocycles. The van der Waals surface area contributed by atoms with Gasteiger partial charge < -0.3 is 15.4 Å². The molecule has 2 aromatic carbocycles. The highest BCUT2D eigenvalue weighted by Crippen LogP contribution is 2.23. The normalized spacial score (nSPS) is 11.0. The van der Waals surface area contributed by atoms with E-state index in [2.05, 4.69) is 43.5 Å². The molecule has 1 amide bonds. The van der Waals surface area contributed by atoms with Crippen molar-refractivity contribution in [1.82, 2.24) is 0 Å². The highest BCUT2D eigenvalue weighted by molar-refractivity contribution is 5.93. The summed E-state index contributed by atoms with van der Waals surface area (Å²) in [4.78, 5) is 12.0. The second-order valence-corrected chi connectivity index (χ2v) is 6.46. The number of rotatable bonds is 5. The van der Waals surface area contributed by atoms with Crippen molar-refractivity contribution in [2.45, 2.75) is 26.2 Å². The standard InChI is InChI=1S/C19H24N2O2/c1-19(2,3)14-8-10-15(11-9-14)20-13-18(22)21-16-6-5-7-17(12-16)23-4/h5-12,20H,13H2,1-4H3,(H,21,22). The Morgan fingerprint density at radius 1 is 1.04 bits per heavy atom. The number of hydrogen-bond acceptors (Lipinski definition) is 3. The number of hydrogen-bond donors (Lipinski definition) is 2. The van der Waals surface area contributed by atoms with Gasteiger partial charge in [-0.25, -0.2) is 0 Å². The van der Waals surface area contributed by atoms with E-state index in [1.165, 1.54) is 5.56 Å². The molecule has 0 aliphatic rings. The third-order valence-corrected chi connectivity index (χ3v) is 3.56. The monoisotopic (exact) mass is 312 g/mol. The summed E-state index contributed by atoms with van der Waals surface area (Å²) in [6, 6.07) is 15.5. The van der Waals surface area contributed by atoms with Gasteiger partial charge in [0, 0.05) is 17.4 Å². The Labute approximate surface area is 137 Å². The fourth-order valence-electron chi connectivity index (χ4n) is 2.18. The summed E-state index contributed by atoms with van der Waals surface area (Å²) in [5.41, 5.74) is 3.05. The molecule has 0 unspecified atom stereocenters. The molecule has 122 valence electrons. The zero-order valence-electron chi connectivity index (χ0n) is 14.1. The maximum Gasteiger partial charge on any atom is 0.243 e. The zero-order chi connectivity index (χ0) is 16.9. The van der Waals surface area contributed by atoms with Crippen molar-refractivity contribution in [1.29, 1.82) is 0 Å². The first kappa shape index (κ1) is 16.9. The van der Waals surface area contributed by atoms with Crippen molar-refractivity contribution in [3.05, 3.63) is 54.1 Å². The second kappa shape index (κ2) is 7.18. The quantitative estimate of drug-likeness (QED) is 0.876. The van der Waals surface area contributed by atoms with Crippen LogP contribution in [0.1, 0.15) is 26.3 Å². The van der Waals surface area contributed by atoms with Crippen LogP contribution >= 0.6 is 0 Å². The van der Waals surface area contributed by atoms with E-state index in [0.29, 0.717) is 5.75 Å². The van der Waals surface area contributed by atoms with Gasteiger partial charge in [-0.2, -0.15) is 0 Å². The van der Waals surface area contributed by atoms with E-state index in [0.717, 1.165) is 11.4 Å². The first-order valence-corrected chi connectivity index (χ1v) is 7.67. The number of ether oxygens (including phenoxy) is 1. The third kappa shape index (κ3) is 5.02. The number of anilines is 2. The van der Waals surface area contributed by atoms with E-state index in [9.17, 15) is 4.79 Å². The van der Waals surface area contributed by atoms with Gasteiger partial charge in [0.15, 0.2) is 0 Å². The molecular formula is C19H24N2O2. The Morgan fingerprint density at radius 3 is 2.35 bits per heavy atom. The SMILES string of the molecule is COc1cccc(NC(=O)CNc2ccc(C(C)(C)C)cc2)c1. The van der Waals surface area contributed by atoms with Crippen molar-refractivity contribution < 1.29 is 9.53 Å². The topological polar surface area (TPSA) is 50.4 Å². The lowest BCUT2D eigenvalue weighted by molar-refractivity contribution is -0.114. The number of carbonyl (C=O) groups is 1. The molecule has 0 bridgehead atoms. The van der Waals surface area contributed by atoms with Crippen LogP contribution in [0.15, 0.2) is 48.5 Å². The highest BCUT2D eigenvalue weighted by atomic mass is 16.5. The molecule has 4 nitrogen and oxygen atoms in total. The molecule has 0 aliphatic heterocycles. The molecule has 4 heteroatoms. The highest BCUT2D eigenvalue weighted by Gasteiger charge is 2.12. The fourth-order valence-corrected chi connectivity index (χ4v) is 2.18. The molecule has 2 aromatic rings. The Hall–Kier alpha value is -2.49. The van der Waals surface area contributed by atoms with E-state index in [-0.39, 0.29) is 17.9 Å². The van der Waals surface area contributed by atoms with E-state index in [4.69, 9.17) is 4.74 Å². The van der Waals surface area contributed by atoms with Crippen LogP contribution in [-0.2, 0) is 10.2 Å². The minimum Gasteiger partial charge on any atom is -0.497 e. The van der Waals surface area contributed by atoms with Gasteiger partial charge in [-0.05, 0) is 35.2 Å². The van der Waals surface area contributed by atoms with Crippen LogP contribution in [0.25, 0.3) is 0 Å². The third-order valence-electron chi connectivity index (χ3n) is 3.56. The van der Waals surface area contributed by atoms with Crippen molar-refractivity contribution in [3.63, 3.8) is 0 Å². The van der Waals surface area contributed by atoms with E-state index < -0.39 is 0 Å². The van der Waals surface area contributed by atoms with Crippen molar-refractivity contribution in [2.75, 3.05) is 24.3 Å². The summed E-state index contributed by atoms with van der Waals surface area (Å²) < 4.78 is 5.14. The fraction of sp³-hybridized carbons (Fsp3) is 0.316. The van der Waals surface area contributed by atoms with Crippen LogP contribution in [0.2, 0.25) is 0 Å². The molecule has 0 saturated heterocycles. The molecule has 0 radical (unpaired) electrons. The van der Waals surface area contributed by atoms with Crippen LogP contribution in [0.5, 0.6) is 5.75 Å². The molecule has 0 spiro atoms. The second-order valence-electron chi connectivity index (χ2n) is 6.46. The molecule has 23 heavy (non-hydrogen) atoms. The summed E-state index contributed by atoms with van der Waals surface area (Å²) in [6.45, 7) is 6.75. The molecule has 0 saturated carbocycles. The number of nitrogens with one attached hydrogen (secondary N) is 2. The predicted molar refractivity (Wildman–Crippen MR) is 95.3 cm³/mol. The summed E-state index contributed by atoms with van der Waals surface area (Å²) >= 11 is 0. The van der Waals surface area contributed by atoms with Gasteiger partial charge in [0.05, 0.1) is 13.7 Å². The van der Waals surface area contributed by atoms with Gasteiger partial charge in [0.2, 0.25) is 5.91 Å². The Kier molecular flexibility index (Phi) is 5.27. The van der Waals surface area contributed by atoms with Crippen molar-refractivity contribution in [2.24, 2.45) is 0 Å². The van der Waals surface area contributed by atoms with Crippen LogP contribution < -0.4 is 15.4 Å². The number of methoxy groups -OCH3 is 1. The molecule has 0 aromatic heterocycles. The average molecular weight is 312 g/mol. The predicted octanol–water partition coefficient (Wildman–Crippen LogP) is 4.04. The molecular weight excluding hydrogens is 288 g/mol. The molecule has 0 atom stereocenters. The molecule has 2 rings (SSSR count). The smallest absolute Gasteiger partial charge is 0.243 e. The molecule has 0 fully saturated rings. The lowest BCUT2D eigenvalue weighted by atomic mass is 9.87. The average Bonchev–Trinajstić information content (AvgIpc) is 2.52. The van der Waals surface area contributed by atoms with Gasteiger partial charge in [0.25, 0.3) is 0 Å². The van der Waals surface area contributed by atoms with Crippen LogP contribution in [0.3, 0.4) is 0 Å². The first-order valence-electron chi connectivity index (χ1n) is 7.67. The van der Waals surface area contributed by atoms with E-state index in [1.807, 2.05) is 30.3 Å². The Bertz CT molecular complexity index is 658. The zero-order valence-corrected chi connectivity index (χ0v) is 14.1. The van der Waals surface area contributed by atoms with Gasteiger partial charge in [-0.15, -0.1) is 0 Å². The summed E-state index contributed by atoms with van der Waals surface area (Å²) in [7, 11) is 1.60.